The summed E-state index contributed by atoms with van der Waals surface area (Å²) < 4.78 is 16.7. The summed E-state index contributed by atoms with van der Waals surface area (Å²) in [6.07, 6.45) is 1.43. The second-order valence-corrected chi connectivity index (χ2v) is 9.76. The monoisotopic (exact) mass is 527 g/mol. The smallest absolute Gasteiger partial charge is 0.261 e. The lowest BCUT2D eigenvalue weighted by atomic mass is 9.98. The summed E-state index contributed by atoms with van der Waals surface area (Å²) in [6, 6.07) is 17.3. The van der Waals surface area contributed by atoms with Gasteiger partial charge in [0.05, 0.1) is 42.8 Å². The third-order valence-corrected chi connectivity index (χ3v) is 6.50. The zero-order valence-electron chi connectivity index (χ0n) is 22.1. The van der Waals surface area contributed by atoms with Gasteiger partial charge in [0.2, 0.25) is 0 Å². The number of azide groups is 1. The highest BCUT2D eigenvalue weighted by molar-refractivity contribution is 5.94. The molecule has 0 saturated carbocycles. The molecule has 2 atom stereocenters. The molecule has 0 saturated heterocycles. The summed E-state index contributed by atoms with van der Waals surface area (Å²) in [5.41, 5.74) is 11.0. The largest absolute Gasteiger partial charge is 0.325 e. The van der Waals surface area contributed by atoms with Gasteiger partial charge in [0.15, 0.2) is 0 Å². The molecule has 0 fully saturated rings. The number of amides is 1. The van der Waals surface area contributed by atoms with Crippen LogP contribution in [0.4, 0.5) is 4.39 Å². The third-order valence-electron chi connectivity index (χ3n) is 6.50. The lowest BCUT2D eigenvalue weighted by Crippen LogP contribution is -2.44. The minimum absolute atomic E-state index is 0.216. The number of carbonyl (C=O) groups is 1. The molecule has 4 aromatic rings. The number of fused-ring (bicyclic) bond motifs is 1. The SMILES string of the molecule is Cc1ccc(C(=O)N(CC(F)CN=[N+]=[N-])C(c2nc3cnccc3c(=O)n2Cc2ccccc2)C(C)C)cc1. The van der Waals surface area contributed by atoms with E-state index in [1.807, 2.05) is 63.2 Å². The number of aromatic nitrogens is 3. The number of alkyl halides is 1. The van der Waals surface area contributed by atoms with Gasteiger partial charge >= 0.3 is 0 Å². The van der Waals surface area contributed by atoms with E-state index >= 15 is 4.39 Å². The van der Waals surface area contributed by atoms with Crippen LogP contribution < -0.4 is 5.56 Å². The van der Waals surface area contributed by atoms with Crippen LogP contribution in [-0.2, 0) is 6.54 Å². The average Bonchev–Trinajstić information content (AvgIpc) is 2.94. The molecule has 9 nitrogen and oxygen atoms in total. The Morgan fingerprint density at radius 1 is 1.13 bits per heavy atom. The molecule has 0 bridgehead atoms. The van der Waals surface area contributed by atoms with E-state index < -0.39 is 24.7 Å². The molecule has 0 radical (unpaired) electrons. The molecule has 2 aromatic heterocycles. The van der Waals surface area contributed by atoms with Crippen molar-refractivity contribution >= 4 is 16.8 Å². The molecule has 10 heteroatoms. The van der Waals surface area contributed by atoms with Crippen LogP contribution in [0.3, 0.4) is 0 Å². The Balaban J connectivity index is 1.92. The van der Waals surface area contributed by atoms with Gasteiger partial charge in [0, 0.05) is 16.7 Å². The fourth-order valence-electron chi connectivity index (χ4n) is 4.61. The van der Waals surface area contributed by atoms with Crippen molar-refractivity contribution in [3.63, 3.8) is 0 Å². The van der Waals surface area contributed by atoms with Gasteiger partial charge in [-0.3, -0.25) is 19.1 Å². The van der Waals surface area contributed by atoms with Crippen LogP contribution in [0.1, 0.15) is 47.2 Å². The predicted octanol–water partition coefficient (Wildman–Crippen LogP) is 5.64. The maximum atomic E-state index is 15.1. The van der Waals surface area contributed by atoms with Crippen molar-refractivity contribution in [2.24, 2.45) is 11.0 Å². The number of nitrogens with zero attached hydrogens (tertiary/aromatic N) is 7. The van der Waals surface area contributed by atoms with E-state index in [2.05, 4.69) is 15.0 Å². The van der Waals surface area contributed by atoms with Crippen molar-refractivity contribution in [2.75, 3.05) is 13.1 Å². The van der Waals surface area contributed by atoms with E-state index in [4.69, 9.17) is 10.5 Å². The number of halogens is 1. The molecule has 0 aliphatic carbocycles. The van der Waals surface area contributed by atoms with Crippen LogP contribution >= 0.6 is 0 Å². The highest BCUT2D eigenvalue weighted by Gasteiger charge is 2.34. The molecule has 2 unspecified atom stereocenters. The Labute approximate surface area is 225 Å². The molecular weight excluding hydrogens is 497 g/mol. The maximum Gasteiger partial charge on any atom is 0.261 e. The second kappa shape index (κ2) is 12.3. The molecule has 39 heavy (non-hydrogen) atoms. The van der Waals surface area contributed by atoms with Gasteiger partial charge in [-0.1, -0.05) is 67.0 Å². The highest BCUT2D eigenvalue weighted by atomic mass is 19.1. The molecule has 0 aliphatic rings. The summed E-state index contributed by atoms with van der Waals surface area (Å²) in [5.74, 6) is -0.339. The van der Waals surface area contributed by atoms with E-state index in [9.17, 15) is 9.59 Å². The normalized spacial score (nSPS) is 12.6. The van der Waals surface area contributed by atoms with E-state index in [0.717, 1.165) is 11.1 Å². The fraction of sp³-hybridized carbons (Fsp3) is 0.310. The van der Waals surface area contributed by atoms with Crippen LogP contribution in [-0.4, -0.2) is 44.6 Å². The van der Waals surface area contributed by atoms with Gasteiger partial charge in [0.1, 0.15) is 12.0 Å². The second-order valence-electron chi connectivity index (χ2n) is 9.76. The zero-order valence-corrected chi connectivity index (χ0v) is 22.1. The Hall–Kier alpha value is -4.56. The topological polar surface area (TPSA) is 117 Å². The van der Waals surface area contributed by atoms with Crippen molar-refractivity contribution in [1.29, 1.82) is 0 Å². The van der Waals surface area contributed by atoms with E-state index in [-0.39, 0.29) is 24.6 Å². The summed E-state index contributed by atoms with van der Waals surface area (Å²) in [7, 11) is 0. The first-order chi connectivity index (χ1) is 18.8. The van der Waals surface area contributed by atoms with Crippen LogP contribution in [0, 0.1) is 12.8 Å². The quantitative estimate of drug-likeness (QED) is 0.151. The van der Waals surface area contributed by atoms with Crippen LogP contribution in [0.15, 0.2) is 83.0 Å². The molecule has 1 amide bonds. The lowest BCUT2D eigenvalue weighted by molar-refractivity contribution is 0.0534. The summed E-state index contributed by atoms with van der Waals surface area (Å²) >= 11 is 0. The maximum absolute atomic E-state index is 15.1. The van der Waals surface area contributed by atoms with Crippen molar-refractivity contribution < 1.29 is 9.18 Å². The van der Waals surface area contributed by atoms with Gasteiger partial charge in [-0.2, -0.15) is 0 Å². The molecule has 4 rings (SSSR count). The minimum atomic E-state index is -1.62. The predicted molar refractivity (Wildman–Crippen MR) is 148 cm³/mol. The Morgan fingerprint density at radius 3 is 2.51 bits per heavy atom. The fourth-order valence-corrected chi connectivity index (χ4v) is 4.61. The Morgan fingerprint density at radius 2 is 1.85 bits per heavy atom. The van der Waals surface area contributed by atoms with Crippen LogP contribution in [0.2, 0.25) is 0 Å². The molecule has 2 aromatic carbocycles. The van der Waals surface area contributed by atoms with Gasteiger partial charge in [0.25, 0.3) is 11.5 Å². The van der Waals surface area contributed by atoms with Gasteiger partial charge in [-0.15, -0.1) is 0 Å². The van der Waals surface area contributed by atoms with Crippen molar-refractivity contribution in [3.05, 3.63) is 116 Å². The number of hydrogen-bond donors (Lipinski definition) is 0. The number of pyridine rings is 1. The van der Waals surface area contributed by atoms with E-state index in [0.29, 0.717) is 22.3 Å². The highest BCUT2D eigenvalue weighted by Crippen LogP contribution is 2.30. The first kappa shape index (κ1) is 27.5. The summed E-state index contributed by atoms with van der Waals surface area (Å²) in [5, 5.41) is 3.76. The average molecular weight is 528 g/mol. The number of rotatable bonds is 10. The Bertz CT molecular complexity index is 1550. The van der Waals surface area contributed by atoms with Crippen molar-refractivity contribution in [3.8, 4) is 0 Å². The first-order valence-electron chi connectivity index (χ1n) is 12.7. The van der Waals surface area contributed by atoms with Crippen LogP contribution in [0.5, 0.6) is 0 Å². The van der Waals surface area contributed by atoms with Crippen LogP contribution in [0.25, 0.3) is 21.3 Å². The zero-order chi connectivity index (χ0) is 27.9. The Kier molecular flexibility index (Phi) is 8.68. The summed E-state index contributed by atoms with van der Waals surface area (Å²) in [4.78, 5) is 40.8. The number of aryl methyl sites for hydroxylation is 1. The number of carbonyl (C=O) groups excluding carboxylic acids is 1. The van der Waals surface area contributed by atoms with Crippen molar-refractivity contribution in [1.82, 2.24) is 19.4 Å². The van der Waals surface area contributed by atoms with E-state index in [1.54, 1.807) is 22.8 Å². The molecule has 0 aliphatic heterocycles. The van der Waals surface area contributed by atoms with Gasteiger partial charge in [-0.25, -0.2) is 9.37 Å². The van der Waals surface area contributed by atoms with E-state index in [1.165, 1.54) is 17.3 Å². The molecule has 0 spiro atoms. The minimum Gasteiger partial charge on any atom is -0.325 e. The lowest BCUT2D eigenvalue weighted by Gasteiger charge is -2.36. The molecule has 2 heterocycles. The molecule has 200 valence electrons. The molecule has 0 N–H and O–H groups in total. The first-order valence-corrected chi connectivity index (χ1v) is 12.7. The summed E-state index contributed by atoms with van der Waals surface area (Å²) in [6.45, 7) is 5.15. The van der Waals surface area contributed by atoms with Crippen molar-refractivity contribution in [2.45, 2.75) is 39.5 Å². The van der Waals surface area contributed by atoms with Gasteiger partial charge in [-0.05, 0) is 42.1 Å². The van der Waals surface area contributed by atoms with Gasteiger partial charge < -0.3 is 4.90 Å². The number of benzene rings is 2. The molecular formula is C29H30FN7O2. The third kappa shape index (κ3) is 6.30. The number of hydrogen-bond acceptors (Lipinski definition) is 5. The standard InChI is InChI=1S/C29H30FN7O2/c1-19(2)26(36(18-23(30)15-33-35-31)28(38)22-11-9-20(3)10-12-22)27-34-25-16-32-14-13-24(25)29(39)37(27)17-21-7-5-4-6-8-21/h4-14,16,19,23,26H,15,17-18H2,1-3H3.